The fourth-order valence-electron chi connectivity index (χ4n) is 1.09. The number of rotatable bonds is 3. The van der Waals surface area contributed by atoms with Gasteiger partial charge in [-0.15, -0.1) is 0 Å². The molecule has 1 saturated carbocycles. The molecule has 69 valence electrons. The molecule has 1 aromatic heterocycles. The quantitative estimate of drug-likeness (QED) is 0.756. The van der Waals surface area contributed by atoms with E-state index in [1.807, 2.05) is 0 Å². The summed E-state index contributed by atoms with van der Waals surface area (Å²) in [5.74, 6) is 0.959. The van der Waals surface area contributed by atoms with Gasteiger partial charge in [-0.3, -0.25) is 0 Å². The summed E-state index contributed by atoms with van der Waals surface area (Å²) in [7, 11) is 0. The van der Waals surface area contributed by atoms with Crippen molar-refractivity contribution in [1.82, 2.24) is 4.98 Å². The molecule has 4 nitrogen and oxygen atoms in total. The van der Waals surface area contributed by atoms with E-state index in [0.29, 0.717) is 17.1 Å². The first-order valence-electron chi connectivity index (χ1n) is 4.29. The van der Waals surface area contributed by atoms with Crippen molar-refractivity contribution in [2.45, 2.75) is 25.6 Å². The standard InChI is InChI=1S/C9H11N2O2/c10-9-3-6(5-12)8(4-11-9)13-7-1-2-7/h3-4,7H,1-2,5H2,(H2,10,11). The maximum Gasteiger partial charge on any atom is 0.143 e. The van der Waals surface area contributed by atoms with Crippen molar-refractivity contribution in [2.24, 2.45) is 0 Å². The molecule has 1 radical (unpaired) electrons. The molecule has 0 spiro atoms. The summed E-state index contributed by atoms with van der Waals surface area (Å²) in [5, 5.41) is 10.7. The molecule has 1 aromatic rings. The molecule has 0 aromatic carbocycles. The Morgan fingerprint density at radius 1 is 1.62 bits per heavy atom. The van der Waals surface area contributed by atoms with Crippen LogP contribution in [0.1, 0.15) is 18.4 Å². The highest BCUT2D eigenvalue weighted by Gasteiger charge is 2.24. The third-order valence-corrected chi connectivity index (χ3v) is 1.94. The van der Waals surface area contributed by atoms with Crippen LogP contribution in [0.15, 0.2) is 12.3 Å². The van der Waals surface area contributed by atoms with Gasteiger partial charge in [0.2, 0.25) is 0 Å². The van der Waals surface area contributed by atoms with Crippen LogP contribution in [0.4, 0.5) is 5.82 Å². The van der Waals surface area contributed by atoms with E-state index in [1.54, 1.807) is 6.07 Å². The first-order chi connectivity index (χ1) is 6.29. The second kappa shape index (κ2) is 3.22. The van der Waals surface area contributed by atoms with Crippen molar-refractivity contribution in [3.8, 4) is 5.75 Å². The van der Waals surface area contributed by atoms with Gasteiger partial charge < -0.3 is 10.5 Å². The summed E-state index contributed by atoms with van der Waals surface area (Å²) in [6.45, 7) is -0.311. The number of hydrogen-bond donors (Lipinski definition) is 1. The molecular weight excluding hydrogens is 168 g/mol. The zero-order valence-electron chi connectivity index (χ0n) is 7.19. The van der Waals surface area contributed by atoms with Crippen LogP contribution in [0.3, 0.4) is 0 Å². The predicted octanol–water partition coefficient (Wildman–Crippen LogP) is 1.14. The molecule has 4 heteroatoms. The molecular formula is C9H11N2O2. The van der Waals surface area contributed by atoms with Crippen LogP contribution in [0.5, 0.6) is 5.75 Å². The summed E-state index contributed by atoms with van der Waals surface area (Å²) in [4.78, 5) is 3.88. The van der Waals surface area contributed by atoms with Crippen molar-refractivity contribution in [3.63, 3.8) is 0 Å². The average Bonchev–Trinajstić information content (AvgIpc) is 2.92. The van der Waals surface area contributed by atoms with Gasteiger partial charge in [0.1, 0.15) is 18.2 Å². The lowest BCUT2D eigenvalue weighted by molar-refractivity contribution is 0.171. The number of anilines is 1. The first-order valence-corrected chi connectivity index (χ1v) is 4.29. The van der Waals surface area contributed by atoms with Crippen molar-refractivity contribution in [1.29, 1.82) is 0 Å². The van der Waals surface area contributed by atoms with Crippen LogP contribution in [-0.4, -0.2) is 11.1 Å². The van der Waals surface area contributed by atoms with Gasteiger partial charge in [0.15, 0.2) is 0 Å². The van der Waals surface area contributed by atoms with E-state index in [9.17, 15) is 5.11 Å². The average molecular weight is 179 g/mol. The minimum absolute atomic E-state index is 0.288. The van der Waals surface area contributed by atoms with Gasteiger partial charge in [-0.25, -0.2) is 10.1 Å². The van der Waals surface area contributed by atoms with Crippen LogP contribution in [0, 0.1) is 0 Å². The van der Waals surface area contributed by atoms with Crippen LogP contribution in [-0.2, 0) is 11.7 Å². The van der Waals surface area contributed by atoms with Gasteiger partial charge in [0, 0.05) is 5.56 Å². The lowest BCUT2D eigenvalue weighted by Crippen LogP contribution is -2.01. The molecule has 0 saturated heterocycles. The van der Waals surface area contributed by atoms with E-state index in [4.69, 9.17) is 10.5 Å². The van der Waals surface area contributed by atoms with Crippen molar-refractivity contribution in [2.75, 3.05) is 5.73 Å². The van der Waals surface area contributed by atoms with E-state index in [2.05, 4.69) is 4.98 Å². The Kier molecular flexibility index (Phi) is 2.06. The van der Waals surface area contributed by atoms with Crippen LogP contribution < -0.4 is 10.5 Å². The number of ether oxygens (including phenoxy) is 1. The van der Waals surface area contributed by atoms with E-state index < -0.39 is 0 Å². The highest BCUT2D eigenvalue weighted by atomic mass is 16.5. The molecule has 1 aliphatic rings. The first kappa shape index (κ1) is 8.31. The van der Waals surface area contributed by atoms with Crippen molar-refractivity contribution >= 4 is 5.82 Å². The fourth-order valence-corrected chi connectivity index (χ4v) is 1.09. The topological polar surface area (TPSA) is 68.0 Å². The molecule has 2 rings (SSSR count). The zero-order valence-corrected chi connectivity index (χ0v) is 7.19. The van der Waals surface area contributed by atoms with Crippen LogP contribution in [0.25, 0.3) is 0 Å². The third kappa shape index (κ3) is 1.89. The Morgan fingerprint density at radius 2 is 2.38 bits per heavy atom. The number of hydrogen-bond acceptors (Lipinski definition) is 3. The van der Waals surface area contributed by atoms with Crippen molar-refractivity contribution < 1.29 is 9.84 Å². The Hall–Kier alpha value is -1.29. The Morgan fingerprint density at radius 3 is 3.00 bits per heavy atom. The lowest BCUT2D eigenvalue weighted by Gasteiger charge is -2.07. The molecule has 0 aliphatic heterocycles. The van der Waals surface area contributed by atoms with Gasteiger partial charge >= 0.3 is 0 Å². The molecule has 1 aliphatic carbocycles. The van der Waals surface area contributed by atoms with E-state index >= 15 is 0 Å². The van der Waals surface area contributed by atoms with Gasteiger partial charge in [-0.2, -0.15) is 0 Å². The lowest BCUT2D eigenvalue weighted by atomic mass is 10.2. The zero-order chi connectivity index (χ0) is 9.26. The summed E-state index contributed by atoms with van der Waals surface area (Å²) in [6, 6.07) is 1.57. The van der Waals surface area contributed by atoms with E-state index in [1.165, 1.54) is 6.20 Å². The van der Waals surface area contributed by atoms with Gasteiger partial charge in [-0.05, 0) is 18.9 Å². The molecule has 2 N–H and O–H groups in total. The Labute approximate surface area is 76.4 Å². The molecule has 1 fully saturated rings. The third-order valence-electron chi connectivity index (χ3n) is 1.94. The number of pyridine rings is 1. The fraction of sp³-hybridized carbons (Fsp3) is 0.444. The molecule has 0 amide bonds. The number of nitrogens with two attached hydrogens (primary N) is 1. The minimum Gasteiger partial charge on any atom is -0.488 e. The normalized spacial score (nSPS) is 15.8. The van der Waals surface area contributed by atoms with E-state index in [0.717, 1.165) is 12.8 Å². The Bertz CT molecular complexity index is 310. The highest BCUT2D eigenvalue weighted by molar-refractivity contribution is 5.40. The SMILES string of the molecule is Nc1cc(C[O])c(OC2CC2)cn1. The molecule has 13 heavy (non-hydrogen) atoms. The second-order valence-corrected chi connectivity index (χ2v) is 3.18. The van der Waals surface area contributed by atoms with Crippen molar-refractivity contribution in [3.05, 3.63) is 17.8 Å². The second-order valence-electron chi connectivity index (χ2n) is 3.18. The minimum atomic E-state index is -0.311. The maximum atomic E-state index is 10.7. The van der Waals surface area contributed by atoms with Gasteiger partial charge in [0.05, 0.1) is 12.3 Å². The maximum absolute atomic E-state index is 10.7. The van der Waals surface area contributed by atoms with Crippen LogP contribution in [0.2, 0.25) is 0 Å². The molecule has 0 bridgehead atoms. The monoisotopic (exact) mass is 179 g/mol. The van der Waals surface area contributed by atoms with E-state index in [-0.39, 0.29) is 12.7 Å². The summed E-state index contributed by atoms with van der Waals surface area (Å²) in [5.41, 5.74) is 6.04. The highest BCUT2D eigenvalue weighted by Crippen LogP contribution is 2.29. The Balaban J connectivity index is 2.21. The molecule has 1 heterocycles. The molecule has 0 unspecified atom stereocenters. The largest absolute Gasteiger partial charge is 0.488 e. The van der Waals surface area contributed by atoms with Gasteiger partial charge in [0.25, 0.3) is 0 Å². The summed E-state index contributed by atoms with van der Waals surface area (Å²) >= 11 is 0. The predicted molar refractivity (Wildman–Crippen MR) is 46.7 cm³/mol. The molecule has 0 atom stereocenters. The number of aromatic nitrogens is 1. The summed E-state index contributed by atoms with van der Waals surface area (Å²) < 4.78 is 5.48. The van der Waals surface area contributed by atoms with Crippen LogP contribution >= 0.6 is 0 Å². The number of nitrogens with zero attached hydrogens (tertiary/aromatic N) is 1. The smallest absolute Gasteiger partial charge is 0.143 e. The van der Waals surface area contributed by atoms with Gasteiger partial charge in [-0.1, -0.05) is 0 Å². The number of nitrogen functional groups attached to an aromatic ring is 1. The summed E-state index contributed by atoms with van der Waals surface area (Å²) in [6.07, 6.45) is 3.96.